The van der Waals surface area contributed by atoms with Crippen molar-refractivity contribution < 1.29 is 9.59 Å². The van der Waals surface area contributed by atoms with E-state index in [9.17, 15) is 9.59 Å². The van der Waals surface area contributed by atoms with Gasteiger partial charge in [0.05, 0.1) is 11.1 Å². The van der Waals surface area contributed by atoms with Gasteiger partial charge in [0.1, 0.15) is 0 Å². The summed E-state index contributed by atoms with van der Waals surface area (Å²) in [6, 6.07) is 14.6. The standard InChI is InChI=1S/C21H23ClN4O2/c1-23-21(25-14-15-8-2-5-11-18(15)22)24-12-6-7-13-26-19(27)16-9-3-4-10-17(16)20(26)28/h2-5,8-11H,6-7,12-14H2,1H3,(H2,23,24,25). The number of hydrogen-bond acceptors (Lipinski definition) is 3. The zero-order valence-corrected chi connectivity index (χ0v) is 16.5. The lowest BCUT2D eigenvalue weighted by molar-refractivity contribution is 0.0652. The number of guanidine groups is 1. The highest BCUT2D eigenvalue weighted by atomic mass is 35.5. The molecule has 6 nitrogen and oxygen atoms in total. The first-order valence-electron chi connectivity index (χ1n) is 9.25. The van der Waals surface area contributed by atoms with Crippen molar-refractivity contribution in [2.45, 2.75) is 19.4 Å². The van der Waals surface area contributed by atoms with Crippen LogP contribution in [-0.4, -0.2) is 42.8 Å². The normalized spacial score (nSPS) is 13.6. The van der Waals surface area contributed by atoms with Crippen LogP contribution in [0.3, 0.4) is 0 Å². The number of rotatable bonds is 7. The van der Waals surface area contributed by atoms with Crippen LogP contribution in [0, 0.1) is 0 Å². The lowest BCUT2D eigenvalue weighted by atomic mass is 10.1. The van der Waals surface area contributed by atoms with E-state index in [0.717, 1.165) is 18.4 Å². The monoisotopic (exact) mass is 398 g/mol. The molecule has 146 valence electrons. The third-order valence-corrected chi connectivity index (χ3v) is 4.98. The molecule has 2 aromatic rings. The molecule has 0 aromatic heterocycles. The molecule has 3 rings (SSSR count). The Morgan fingerprint density at radius 3 is 2.25 bits per heavy atom. The van der Waals surface area contributed by atoms with Crippen LogP contribution in [0.1, 0.15) is 39.1 Å². The number of carbonyl (C=O) groups excluding carboxylic acids is 2. The van der Waals surface area contributed by atoms with Crippen molar-refractivity contribution in [2.75, 3.05) is 20.1 Å². The van der Waals surface area contributed by atoms with Crippen molar-refractivity contribution in [2.24, 2.45) is 4.99 Å². The van der Waals surface area contributed by atoms with Crippen LogP contribution < -0.4 is 10.6 Å². The number of fused-ring (bicyclic) bond motifs is 1. The predicted octanol–water partition coefficient (Wildman–Crippen LogP) is 3.08. The molecule has 1 heterocycles. The minimum atomic E-state index is -0.203. The molecule has 1 aliphatic rings. The van der Waals surface area contributed by atoms with Crippen molar-refractivity contribution >= 4 is 29.4 Å². The van der Waals surface area contributed by atoms with Crippen molar-refractivity contribution in [3.8, 4) is 0 Å². The van der Waals surface area contributed by atoms with Crippen LogP contribution in [-0.2, 0) is 6.54 Å². The lowest BCUT2D eigenvalue weighted by Crippen LogP contribution is -2.37. The number of carbonyl (C=O) groups is 2. The molecular formula is C21H23ClN4O2. The van der Waals surface area contributed by atoms with E-state index >= 15 is 0 Å². The Balaban J connectivity index is 1.39. The molecule has 0 unspecified atom stereocenters. The van der Waals surface area contributed by atoms with Crippen LogP contribution in [0.5, 0.6) is 0 Å². The fourth-order valence-corrected chi connectivity index (χ4v) is 3.29. The number of halogens is 1. The molecule has 0 aliphatic carbocycles. The molecule has 2 N–H and O–H groups in total. The van der Waals surface area contributed by atoms with Gasteiger partial charge >= 0.3 is 0 Å². The average molecular weight is 399 g/mol. The molecule has 2 amide bonds. The lowest BCUT2D eigenvalue weighted by Gasteiger charge is -2.15. The van der Waals surface area contributed by atoms with Crippen molar-refractivity contribution in [1.82, 2.24) is 15.5 Å². The van der Waals surface area contributed by atoms with Gasteiger partial charge in [0.25, 0.3) is 11.8 Å². The first-order chi connectivity index (χ1) is 13.6. The molecule has 28 heavy (non-hydrogen) atoms. The highest BCUT2D eigenvalue weighted by molar-refractivity contribution is 6.31. The second kappa shape index (κ2) is 9.37. The summed E-state index contributed by atoms with van der Waals surface area (Å²) in [5.41, 5.74) is 1.99. The first-order valence-corrected chi connectivity index (χ1v) is 9.62. The molecule has 0 fully saturated rings. The smallest absolute Gasteiger partial charge is 0.261 e. The van der Waals surface area contributed by atoms with Crippen LogP contribution in [0.4, 0.5) is 0 Å². The summed E-state index contributed by atoms with van der Waals surface area (Å²) in [7, 11) is 1.71. The Labute approximate surface area is 169 Å². The fourth-order valence-electron chi connectivity index (χ4n) is 3.09. The number of aliphatic imine (C=N–C) groups is 1. The maximum absolute atomic E-state index is 12.3. The number of benzene rings is 2. The van der Waals surface area contributed by atoms with E-state index in [-0.39, 0.29) is 11.8 Å². The highest BCUT2D eigenvalue weighted by Gasteiger charge is 2.34. The summed E-state index contributed by atoms with van der Waals surface area (Å²) < 4.78 is 0. The number of unbranched alkanes of at least 4 members (excludes halogenated alkanes) is 1. The summed E-state index contributed by atoms with van der Waals surface area (Å²) in [6.07, 6.45) is 1.53. The molecule has 0 radical (unpaired) electrons. The molecule has 0 saturated carbocycles. The summed E-state index contributed by atoms with van der Waals surface area (Å²) in [5, 5.41) is 7.17. The zero-order chi connectivity index (χ0) is 19.9. The summed E-state index contributed by atoms with van der Waals surface area (Å²) in [4.78, 5) is 30.2. The summed E-state index contributed by atoms with van der Waals surface area (Å²) >= 11 is 6.16. The van der Waals surface area contributed by atoms with Gasteiger partial charge in [0.2, 0.25) is 0 Å². The Hall–Kier alpha value is -2.86. The Morgan fingerprint density at radius 1 is 0.964 bits per heavy atom. The van der Waals surface area contributed by atoms with Gasteiger partial charge < -0.3 is 10.6 Å². The van der Waals surface area contributed by atoms with E-state index in [1.807, 2.05) is 24.3 Å². The van der Waals surface area contributed by atoms with Crippen LogP contribution in [0.15, 0.2) is 53.5 Å². The van der Waals surface area contributed by atoms with Gasteiger partial charge in [0.15, 0.2) is 5.96 Å². The minimum absolute atomic E-state index is 0.203. The molecule has 7 heteroatoms. The van der Waals surface area contributed by atoms with E-state index in [1.165, 1.54) is 4.90 Å². The van der Waals surface area contributed by atoms with E-state index in [0.29, 0.717) is 41.7 Å². The third kappa shape index (κ3) is 4.51. The SMILES string of the molecule is CN=C(NCCCCN1C(=O)c2ccccc2C1=O)NCc1ccccc1Cl. The molecule has 0 saturated heterocycles. The summed E-state index contributed by atoms with van der Waals surface area (Å²) in [5.74, 6) is 0.275. The van der Waals surface area contributed by atoms with Gasteiger partial charge in [-0.05, 0) is 36.6 Å². The minimum Gasteiger partial charge on any atom is -0.356 e. The van der Waals surface area contributed by atoms with Crippen LogP contribution >= 0.6 is 11.6 Å². The maximum atomic E-state index is 12.3. The van der Waals surface area contributed by atoms with E-state index in [4.69, 9.17) is 11.6 Å². The highest BCUT2D eigenvalue weighted by Crippen LogP contribution is 2.22. The van der Waals surface area contributed by atoms with E-state index in [1.54, 1.807) is 31.3 Å². The molecule has 2 aromatic carbocycles. The van der Waals surface area contributed by atoms with Gasteiger partial charge in [-0.2, -0.15) is 0 Å². The van der Waals surface area contributed by atoms with Gasteiger partial charge in [-0.25, -0.2) is 0 Å². The Kier molecular flexibility index (Phi) is 6.66. The van der Waals surface area contributed by atoms with E-state index in [2.05, 4.69) is 15.6 Å². The number of amides is 2. The van der Waals surface area contributed by atoms with Gasteiger partial charge in [0, 0.05) is 31.7 Å². The Bertz CT molecular complexity index is 862. The number of imide groups is 1. The molecule has 0 spiro atoms. The fraction of sp³-hybridized carbons (Fsp3) is 0.286. The van der Waals surface area contributed by atoms with Crippen LogP contribution in [0.25, 0.3) is 0 Å². The van der Waals surface area contributed by atoms with Crippen molar-refractivity contribution in [3.63, 3.8) is 0 Å². The number of hydrogen-bond donors (Lipinski definition) is 2. The van der Waals surface area contributed by atoms with Crippen LogP contribution in [0.2, 0.25) is 5.02 Å². The summed E-state index contributed by atoms with van der Waals surface area (Å²) in [6.45, 7) is 1.68. The number of nitrogens with zero attached hydrogens (tertiary/aromatic N) is 2. The first kappa shape index (κ1) is 19.9. The molecule has 0 bridgehead atoms. The van der Waals surface area contributed by atoms with Crippen molar-refractivity contribution in [3.05, 3.63) is 70.2 Å². The van der Waals surface area contributed by atoms with Crippen molar-refractivity contribution in [1.29, 1.82) is 0 Å². The molecular weight excluding hydrogens is 376 g/mol. The van der Waals surface area contributed by atoms with E-state index < -0.39 is 0 Å². The predicted molar refractivity (Wildman–Crippen MR) is 111 cm³/mol. The molecule has 1 aliphatic heterocycles. The largest absolute Gasteiger partial charge is 0.356 e. The zero-order valence-electron chi connectivity index (χ0n) is 15.7. The molecule has 0 atom stereocenters. The topological polar surface area (TPSA) is 73.8 Å². The average Bonchev–Trinajstić information content (AvgIpc) is 2.96. The second-order valence-corrected chi connectivity index (χ2v) is 6.87. The second-order valence-electron chi connectivity index (χ2n) is 6.46. The van der Waals surface area contributed by atoms with Gasteiger partial charge in [-0.1, -0.05) is 41.9 Å². The Morgan fingerprint density at radius 2 is 1.61 bits per heavy atom. The quantitative estimate of drug-likeness (QED) is 0.325. The third-order valence-electron chi connectivity index (χ3n) is 4.61. The number of nitrogens with one attached hydrogen (secondary N) is 2. The van der Waals surface area contributed by atoms with Gasteiger partial charge in [-0.3, -0.25) is 19.5 Å². The maximum Gasteiger partial charge on any atom is 0.261 e. The van der Waals surface area contributed by atoms with Gasteiger partial charge in [-0.15, -0.1) is 0 Å².